The molecule has 0 unspecified atom stereocenters. The normalized spacial score (nSPS) is 18.2. The monoisotopic (exact) mass is 232 g/mol. The second-order valence-electron chi connectivity index (χ2n) is 4.05. The Kier molecular flexibility index (Phi) is 2.72. The van der Waals surface area contributed by atoms with Crippen molar-refractivity contribution in [2.45, 2.75) is 19.3 Å². The van der Waals surface area contributed by atoms with Crippen LogP contribution in [0.15, 0.2) is 18.2 Å². The first-order valence-electron chi connectivity index (χ1n) is 4.65. The summed E-state index contributed by atoms with van der Waals surface area (Å²) in [7, 11) is 0. The zero-order valence-electron chi connectivity index (χ0n) is 7.69. The van der Waals surface area contributed by atoms with Crippen molar-refractivity contribution < 1.29 is 4.39 Å². The quantitative estimate of drug-likeness (QED) is 0.691. The van der Waals surface area contributed by atoms with Gasteiger partial charge in [-0.3, -0.25) is 0 Å². The van der Waals surface area contributed by atoms with Crippen molar-refractivity contribution in [3.63, 3.8) is 0 Å². The molecular formula is C11H11Cl2F. The lowest BCUT2D eigenvalue weighted by atomic mass is 9.98. The van der Waals surface area contributed by atoms with Crippen LogP contribution in [0.2, 0.25) is 5.02 Å². The molecule has 0 bridgehead atoms. The molecule has 1 aliphatic carbocycles. The van der Waals surface area contributed by atoms with Gasteiger partial charge in [0, 0.05) is 10.9 Å². The van der Waals surface area contributed by atoms with E-state index in [1.54, 1.807) is 12.1 Å². The molecule has 0 nitrogen and oxygen atoms in total. The summed E-state index contributed by atoms with van der Waals surface area (Å²) in [4.78, 5) is 0. The predicted molar refractivity (Wildman–Crippen MR) is 57.5 cm³/mol. The van der Waals surface area contributed by atoms with E-state index in [2.05, 4.69) is 0 Å². The Morgan fingerprint density at radius 1 is 1.36 bits per heavy atom. The molecular weight excluding hydrogens is 222 g/mol. The summed E-state index contributed by atoms with van der Waals surface area (Å²) >= 11 is 11.5. The van der Waals surface area contributed by atoms with Crippen LogP contribution < -0.4 is 0 Å². The fourth-order valence-electron chi connectivity index (χ4n) is 1.60. The Morgan fingerprint density at radius 2 is 2.07 bits per heavy atom. The van der Waals surface area contributed by atoms with Gasteiger partial charge in [0.05, 0.1) is 0 Å². The molecule has 0 amide bonds. The summed E-state index contributed by atoms with van der Waals surface area (Å²) in [5.74, 6) is 0.406. The third-order valence-corrected chi connectivity index (χ3v) is 3.62. The van der Waals surface area contributed by atoms with Crippen LogP contribution in [0.4, 0.5) is 4.39 Å². The van der Waals surface area contributed by atoms with Gasteiger partial charge in [-0.1, -0.05) is 17.7 Å². The minimum Gasteiger partial charge on any atom is -0.207 e. The molecule has 0 aromatic heterocycles. The van der Waals surface area contributed by atoms with Crippen molar-refractivity contribution in [1.29, 1.82) is 0 Å². The number of halogens is 3. The highest BCUT2D eigenvalue weighted by Gasteiger charge is 2.42. The predicted octanol–water partition coefficient (Wildman–Crippen LogP) is 4.04. The van der Waals surface area contributed by atoms with Gasteiger partial charge in [0.25, 0.3) is 0 Å². The van der Waals surface area contributed by atoms with Gasteiger partial charge in [0.1, 0.15) is 5.82 Å². The fourth-order valence-corrected chi connectivity index (χ4v) is 2.12. The van der Waals surface area contributed by atoms with Crippen LogP contribution in [0.25, 0.3) is 0 Å². The molecule has 0 atom stereocenters. The van der Waals surface area contributed by atoms with E-state index in [9.17, 15) is 4.39 Å². The maximum atomic E-state index is 13.4. The standard InChI is InChI=1S/C11H11Cl2F/c12-7-11(3-4-11)6-8-1-2-9(13)5-10(8)14/h1-2,5H,3-4,6-7H2. The summed E-state index contributed by atoms with van der Waals surface area (Å²) in [5, 5.41) is 0.446. The molecule has 0 radical (unpaired) electrons. The van der Waals surface area contributed by atoms with Crippen LogP contribution in [0.5, 0.6) is 0 Å². The number of hydrogen-bond donors (Lipinski definition) is 0. The van der Waals surface area contributed by atoms with Crippen molar-refractivity contribution in [3.8, 4) is 0 Å². The molecule has 0 saturated heterocycles. The zero-order valence-corrected chi connectivity index (χ0v) is 9.21. The molecule has 0 heterocycles. The Morgan fingerprint density at radius 3 is 2.57 bits per heavy atom. The highest BCUT2D eigenvalue weighted by atomic mass is 35.5. The summed E-state index contributed by atoms with van der Waals surface area (Å²) in [5.41, 5.74) is 0.892. The lowest BCUT2D eigenvalue weighted by Crippen LogP contribution is -2.07. The molecule has 0 spiro atoms. The lowest BCUT2D eigenvalue weighted by Gasteiger charge is -2.11. The average molecular weight is 233 g/mol. The van der Waals surface area contributed by atoms with E-state index in [1.807, 2.05) is 0 Å². The van der Waals surface area contributed by atoms with Crippen LogP contribution in [-0.4, -0.2) is 5.88 Å². The summed E-state index contributed by atoms with van der Waals surface area (Å²) in [6.45, 7) is 0. The summed E-state index contributed by atoms with van der Waals surface area (Å²) in [6, 6.07) is 4.84. The van der Waals surface area contributed by atoms with E-state index in [-0.39, 0.29) is 11.2 Å². The Bertz CT molecular complexity index is 345. The summed E-state index contributed by atoms with van der Waals surface area (Å²) in [6.07, 6.45) is 2.95. The number of benzene rings is 1. The van der Waals surface area contributed by atoms with Crippen LogP contribution in [0.1, 0.15) is 18.4 Å². The molecule has 2 rings (SSSR count). The van der Waals surface area contributed by atoms with E-state index in [0.717, 1.165) is 24.8 Å². The second-order valence-corrected chi connectivity index (χ2v) is 4.75. The van der Waals surface area contributed by atoms with Crippen molar-refractivity contribution in [3.05, 3.63) is 34.6 Å². The smallest absolute Gasteiger partial charge is 0.127 e. The van der Waals surface area contributed by atoms with Gasteiger partial charge >= 0.3 is 0 Å². The van der Waals surface area contributed by atoms with Crippen molar-refractivity contribution >= 4 is 23.2 Å². The van der Waals surface area contributed by atoms with Gasteiger partial charge in [-0.25, -0.2) is 4.39 Å². The number of alkyl halides is 1. The third-order valence-electron chi connectivity index (χ3n) is 2.82. The molecule has 1 aromatic rings. The minimum absolute atomic E-state index is 0.163. The van der Waals surface area contributed by atoms with Gasteiger partial charge in [-0.2, -0.15) is 0 Å². The van der Waals surface area contributed by atoms with Gasteiger partial charge in [0.2, 0.25) is 0 Å². The molecule has 1 saturated carbocycles. The lowest BCUT2D eigenvalue weighted by molar-refractivity contribution is 0.539. The molecule has 14 heavy (non-hydrogen) atoms. The Balaban J connectivity index is 2.17. The molecule has 3 heteroatoms. The van der Waals surface area contributed by atoms with Crippen molar-refractivity contribution in [2.24, 2.45) is 5.41 Å². The van der Waals surface area contributed by atoms with Crippen molar-refractivity contribution in [1.82, 2.24) is 0 Å². The average Bonchev–Trinajstić information content (AvgIpc) is 2.91. The highest BCUT2D eigenvalue weighted by molar-refractivity contribution is 6.30. The highest BCUT2D eigenvalue weighted by Crippen LogP contribution is 2.49. The van der Waals surface area contributed by atoms with Crippen LogP contribution in [0, 0.1) is 11.2 Å². The maximum absolute atomic E-state index is 13.4. The van der Waals surface area contributed by atoms with Gasteiger partial charge in [0.15, 0.2) is 0 Å². The first-order chi connectivity index (χ1) is 6.65. The Labute approximate surface area is 93.0 Å². The number of rotatable bonds is 3. The van der Waals surface area contributed by atoms with E-state index >= 15 is 0 Å². The maximum Gasteiger partial charge on any atom is 0.127 e. The minimum atomic E-state index is -0.214. The van der Waals surface area contributed by atoms with E-state index in [4.69, 9.17) is 23.2 Å². The third kappa shape index (κ3) is 2.04. The second kappa shape index (κ2) is 3.71. The first kappa shape index (κ1) is 10.3. The molecule has 1 aromatic carbocycles. The van der Waals surface area contributed by atoms with Crippen molar-refractivity contribution in [2.75, 3.05) is 5.88 Å². The van der Waals surface area contributed by atoms with Crippen LogP contribution in [0.3, 0.4) is 0 Å². The SMILES string of the molecule is Fc1cc(Cl)ccc1CC1(CCl)CC1. The molecule has 76 valence electrons. The van der Waals surface area contributed by atoms with Gasteiger partial charge in [-0.05, 0) is 42.4 Å². The molecule has 1 aliphatic rings. The first-order valence-corrected chi connectivity index (χ1v) is 5.56. The van der Waals surface area contributed by atoms with Gasteiger partial charge < -0.3 is 0 Å². The van der Waals surface area contributed by atoms with Crippen LogP contribution >= 0.6 is 23.2 Å². The zero-order chi connectivity index (χ0) is 10.2. The summed E-state index contributed by atoms with van der Waals surface area (Å²) < 4.78 is 13.4. The van der Waals surface area contributed by atoms with Crippen LogP contribution in [-0.2, 0) is 6.42 Å². The molecule has 0 aliphatic heterocycles. The van der Waals surface area contributed by atoms with Gasteiger partial charge in [-0.15, -0.1) is 11.6 Å². The Hall–Kier alpha value is -0.270. The molecule has 1 fully saturated rings. The molecule has 0 N–H and O–H groups in total. The van der Waals surface area contributed by atoms with E-state index in [1.165, 1.54) is 6.07 Å². The fraction of sp³-hybridized carbons (Fsp3) is 0.455. The number of hydrogen-bond acceptors (Lipinski definition) is 0. The van der Waals surface area contributed by atoms with E-state index in [0.29, 0.717) is 10.9 Å². The topological polar surface area (TPSA) is 0 Å². The van der Waals surface area contributed by atoms with E-state index < -0.39 is 0 Å². The largest absolute Gasteiger partial charge is 0.207 e.